The molecule has 0 amide bonds. The number of anilines is 1. The Morgan fingerprint density at radius 1 is 1.42 bits per heavy atom. The van der Waals surface area contributed by atoms with Gasteiger partial charge in [-0.2, -0.15) is 4.31 Å². The van der Waals surface area contributed by atoms with Crippen LogP contribution in [-0.4, -0.2) is 42.5 Å². The number of aromatic nitrogens is 1. The molecule has 6 nitrogen and oxygen atoms in total. The highest BCUT2D eigenvalue weighted by Crippen LogP contribution is 2.26. The third kappa shape index (κ3) is 2.44. The molecule has 2 aromatic rings. The van der Waals surface area contributed by atoms with Gasteiger partial charge in [-0.25, -0.2) is 8.42 Å². The van der Waals surface area contributed by atoms with Crippen LogP contribution in [0.25, 0.3) is 10.9 Å². The Labute approximate surface area is 111 Å². The molecule has 104 valence electrons. The number of nitrogens with zero attached hydrogens (tertiary/aromatic N) is 1. The van der Waals surface area contributed by atoms with Gasteiger partial charge in [0, 0.05) is 35.9 Å². The van der Waals surface area contributed by atoms with Crippen LogP contribution < -0.4 is 5.73 Å². The van der Waals surface area contributed by atoms with Gasteiger partial charge in [0.2, 0.25) is 10.0 Å². The lowest BCUT2D eigenvalue weighted by Gasteiger charge is -2.18. The molecule has 0 saturated heterocycles. The molecule has 0 atom stereocenters. The van der Waals surface area contributed by atoms with Gasteiger partial charge in [-0.1, -0.05) is 6.92 Å². The van der Waals surface area contributed by atoms with E-state index in [9.17, 15) is 8.42 Å². The average Bonchev–Trinajstić information content (AvgIpc) is 2.79. The molecule has 2 rings (SSSR count). The van der Waals surface area contributed by atoms with Gasteiger partial charge in [0.15, 0.2) is 0 Å². The van der Waals surface area contributed by atoms with Gasteiger partial charge in [-0.05, 0) is 18.2 Å². The van der Waals surface area contributed by atoms with E-state index in [2.05, 4.69) is 4.98 Å². The highest BCUT2D eigenvalue weighted by molar-refractivity contribution is 7.89. The van der Waals surface area contributed by atoms with Crippen molar-refractivity contribution in [2.24, 2.45) is 0 Å². The van der Waals surface area contributed by atoms with Crippen LogP contribution in [0.4, 0.5) is 5.69 Å². The number of nitrogens with two attached hydrogens (primary N) is 1. The number of aliphatic hydroxyl groups excluding tert-OH is 1. The third-order valence-corrected chi connectivity index (χ3v) is 5.00. The van der Waals surface area contributed by atoms with E-state index in [-0.39, 0.29) is 18.0 Å². The standard InChI is InChI=1S/C12H17N3O3S/c1-2-15(5-6-16)19(17,18)12-8-14-11-7-9(13)3-4-10(11)12/h3-4,7-8,14,16H,2,5-6,13H2,1H3. The molecule has 0 fully saturated rings. The number of sulfonamides is 1. The number of aliphatic hydroxyl groups is 1. The first-order valence-corrected chi connectivity index (χ1v) is 7.42. The van der Waals surface area contributed by atoms with Crippen molar-refractivity contribution in [3.05, 3.63) is 24.4 Å². The summed E-state index contributed by atoms with van der Waals surface area (Å²) in [6.45, 7) is 1.92. The average molecular weight is 283 g/mol. The smallest absolute Gasteiger partial charge is 0.245 e. The van der Waals surface area contributed by atoms with Crippen LogP contribution in [0, 0.1) is 0 Å². The highest BCUT2D eigenvalue weighted by atomic mass is 32.2. The monoisotopic (exact) mass is 283 g/mol. The molecular weight excluding hydrogens is 266 g/mol. The lowest BCUT2D eigenvalue weighted by molar-refractivity contribution is 0.257. The molecule has 0 aliphatic heterocycles. The molecule has 0 radical (unpaired) electrons. The Kier molecular flexibility index (Phi) is 3.79. The summed E-state index contributed by atoms with van der Waals surface area (Å²) in [6.07, 6.45) is 1.46. The minimum atomic E-state index is -3.61. The number of nitrogens with one attached hydrogen (secondary N) is 1. The normalized spacial score (nSPS) is 12.4. The zero-order valence-electron chi connectivity index (χ0n) is 10.6. The summed E-state index contributed by atoms with van der Waals surface area (Å²) in [7, 11) is -3.61. The minimum absolute atomic E-state index is 0.0838. The fourth-order valence-electron chi connectivity index (χ4n) is 2.03. The van der Waals surface area contributed by atoms with E-state index in [1.54, 1.807) is 25.1 Å². The molecule has 0 aliphatic carbocycles. The number of likely N-dealkylation sites (N-methyl/N-ethyl adjacent to an activating group) is 1. The number of fused-ring (bicyclic) bond motifs is 1. The van der Waals surface area contributed by atoms with Crippen molar-refractivity contribution < 1.29 is 13.5 Å². The van der Waals surface area contributed by atoms with E-state index in [1.165, 1.54) is 10.5 Å². The Morgan fingerprint density at radius 2 is 2.16 bits per heavy atom. The summed E-state index contributed by atoms with van der Waals surface area (Å²) < 4.78 is 26.2. The minimum Gasteiger partial charge on any atom is -0.399 e. The van der Waals surface area contributed by atoms with Crippen molar-refractivity contribution in [2.45, 2.75) is 11.8 Å². The second kappa shape index (κ2) is 5.20. The molecule has 1 heterocycles. The molecule has 0 unspecified atom stereocenters. The summed E-state index contributed by atoms with van der Waals surface area (Å²) in [5.74, 6) is 0. The Balaban J connectivity index is 2.54. The van der Waals surface area contributed by atoms with Crippen LogP contribution in [-0.2, 0) is 10.0 Å². The first-order valence-electron chi connectivity index (χ1n) is 5.98. The molecular formula is C12H17N3O3S. The molecule has 0 aliphatic rings. The number of hydrogen-bond donors (Lipinski definition) is 3. The van der Waals surface area contributed by atoms with Crippen molar-refractivity contribution in [2.75, 3.05) is 25.4 Å². The van der Waals surface area contributed by atoms with Gasteiger partial charge in [-0.3, -0.25) is 0 Å². The van der Waals surface area contributed by atoms with E-state index >= 15 is 0 Å². The number of H-pyrrole nitrogens is 1. The quantitative estimate of drug-likeness (QED) is 0.705. The maximum atomic E-state index is 12.5. The van der Waals surface area contributed by atoms with Gasteiger partial charge in [-0.15, -0.1) is 0 Å². The number of nitrogen functional groups attached to an aromatic ring is 1. The second-order valence-corrected chi connectivity index (χ2v) is 6.08. The molecule has 0 bridgehead atoms. The lowest BCUT2D eigenvalue weighted by atomic mass is 10.2. The zero-order valence-corrected chi connectivity index (χ0v) is 11.4. The number of aromatic amines is 1. The van der Waals surface area contributed by atoms with Crippen LogP contribution in [0.2, 0.25) is 0 Å². The van der Waals surface area contributed by atoms with E-state index in [0.717, 1.165) is 0 Å². The van der Waals surface area contributed by atoms with Gasteiger partial charge in [0.1, 0.15) is 4.90 Å². The molecule has 0 saturated carbocycles. The van der Waals surface area contributed by atoms with E-state index in [4.69, 9.17) is 10.8 Å². The molecule has 19 heavy (non-hydrogen) atoms. The second-order valence-electron chi connectivity index (χ2n) is 4.18. The Bertz CT molecular complexity index is 679. The van der Waals surface area contributed by atoms with Crippen molar-refractivity contribution in [1.29, 1.82) is 0 Å². The van der Waals surface area contributed by atoms with Crippen molar-refractivity contribution >= 4 is 26.6 Å². The predicted octanol–water partition coefficient (Wildman–Crippen LogP) is 0.753. The van der Waals surface area contributed by atoms with Crippen molar-refractivity contribution in [3.63, 3.8) is 0 Å². The maximum absolute atomic E-state index is 12.5. The van der Waals surface area contributed by atoms with Crippen LogP contribution in [0.3, 0.4) is 0 Å². The largest absolute Gasteiger partial charge is 0.399 e. The molecule has 1 aromatic carbocycles. The Hall–Kier alpha value is -1.57. The summed E-state index contributed by atoms with van der Waals surface area (Å²) in [6, 6.07) is 5.04. The Morgan fingerprint density at radius 3 is 2.79 bits per heavy atom. The first-order chi connectivity index (χ1) is 9.00. The topological polar surface area (TPSA) is 99.4 Å². The molecule has 0 spiro atoms. The summed E-state index contributed by atoms with van der Waals surface area (Å²) in [5, 5.41) is 9.55. The number of hydrogen-bond acceptors (Lipinski definition) is 4. The summed E-state index contributed by atoms with van der Waals surface area (Å²) in [4.78, 5) is 3.11. The van der Waals surface area contributed by atoms with E-state index in [1.807, 2.05) is 0 Å². The van der Waals surface area contributed by atoms with Crippen LogP contribution >= 0.6 is 0 Å². The fraction of sp³-hybridized carbons (Fsp3) is 0.333. The molecule has 7 heteroatoms. The van der Waals surface area contributed by atoms with Crippen LogP contribution in [0.1, 0.15) is 6.92 Å². The first kappa shape index (κ1) is 13.9. The fourth-order valence-corrected chi connectivity index (χ4v) is 3.63. The maximum Gasteiger partial charge on any atom is 0.245 e. The predicted molar refractivity (Wildman–Crippen MR) is 74.2 cm³/mol. The lowest BCUT2D eigenvalue weighted by Crippen LogP contribution is -2.33. The SMILES string of the molecule is CCN(CCO)S(=O)(=O)c1c[nH]c2cc(N)ccc12. The molecule has 4 N–H and O–H groups in total. The van der Waals surface area contributed by atoms with Crippen molar-refractivity contribution in [1.82, 2.24) is 9.29 Å². The highest BCUT2D eigenvalue weighted by Gasteiger charge is 2.25. The van der Waals surface area contributed by atoms with Crippen LogP contribution in [0.15, 0.2) is 29.3 Å². The van der Waals surface area contributed by atoms with Gasteiger partial charge in [0.25, 0.3) is 0 Å². The summed E-state index contributed by atoms with van der Waals surface area (Å²) >= 11 is 0. The van der Waals surface area contributed by atoms with Gasteiger partial charge < -0.3 is 15.8 Å². The van der Waals surface area contributed by atoms with E-state index in [0.29, 0.717) is 23.1 Å². The van der Waals surface area contributed by atoms with Crippen molar-refractivity contribution in [3.8, 4) is 0 Å². The number of rotatable bonds is 5. The van der Waals surface area contributed by atoms with Gasteiger partial charge in [0.05, 0.1) is 6.61 Å². The van der Waals surface area contributed by atoms with Crippen LogP contribution in [0.5, 0.6) is 0 Å². The summed E-state index contributed by atoms with van der Waals surface area (Å²) in [5.41, 5.74) is 6.91. The zero-order chi connectivity index (χ0) is 14.0. The molecule has 1 aromatic heterocycles. The third-order valence-electron chi connectivity index (χ3n) is 2.99. The number of benzene rings is 1. The van der Waals surface area contributed by atoms with Gasteiger partial charge >= 0.3 is 0 Å². The van der Waals surface area contributed by atoms with E-state index < -0.39 is 10.0 Å².